The molecule has 0 amide bonds. The van der Waals surface area contributed by atoms with Gasteiger partial charge in [0.05, 0.1) is 17.6 Å². The van der Waals surface area contributed by atoms with Crippen LogP contribution >= 0.6 is 0 Å². The highest BCUT2D eigenvalue weighted by Gasteiger charge is 2.47. The van der Waals surface area contributed by atoms with Crippen molar-refractivity contribution in [2.45, 2.75) is 25.5 Å². The molecule has 0 aliphatic carbocycles. The SMILES string of the molecule is COc1ccc([N+](=O)[O-])cc1C1(OC)N=NC(C)(C)O1. The van der Waals surface area contributed by atoms with Crippen molar-refractivity contribution < 1.29 is 19.1 Å². The van der Waals surface area contributed by atoms with E-state index in [-0.39, 0.29) is 5.69 Å². The molecule has 108 valence electrons. The van der Waals surface area contributed by atoms with Crippen LogP contribution in [0.25, 0.3) is 0 Å². The van der Waals surface area contributed by atoms with E-state index in [1.165, 1.54) is 32.4 Å². The molecule has 1 atom stereocenters. The minimum Gasteiger partial charge on any atom is -0.496 e. The largest absolute Gasteiger partial charge is 0.496 e. The Morgan fingerprint density at radius 2 is 2.00 bits per heavy atom. The molecule has 0 radical (unpaired) electrons. The highest BCUT2D eigenvalue weighted by Crippen LogP contribution is 2.44. The highest BCUT2D eigenvalue weighted by atomic mass is 16.7. The maximum atomic E-state index is 10.9. The second-order valence-electron chi connectivity index (χ2n) is 4.68. The van der Waals surface area contributed by atoms with Crippen LogP contribution in [-0.2, 0) is 15.4 Å². The van der Waals surface area contributed by atoms with Crippen molar-refractivity contribution in [3.05, 3.63) is 33.9 Å². The molecule has 8 nitrogen and oxygen atoms in total. The van der Waals surface area contributed by atoms with Crippen LogP contribution in [0.1, 0.15) is 19.4 Å². The molecule has 1 aliphatic heterocycles. The summed E-state index contributed by atoms with van der Waals surface area (Å²) in [6.45, 7) is 3.42. The minimum absolute atomic E-state index is 0.110. The maximum Gasteiger partial charge on any atom is 0.321 e. The zero-order valence-electron chi connectivity index (χ0n) is 11.6. The predicted octanol–water partition coefficient (Wildman–Crippen LogP) is 2.58. The number of hydrogen-bond acceptors (Lipinski definition) is 7. The molecule has 1 aromatic carbocycles. The van der Waals surface area contributed by atoms with E-state index in [2.05, 4.69) is 10.2 Å². The third kappa shape index (κ3) is 2.35. The zero-order chi connectivity index (χ0) is 15.0. The monoisotopic (exact) mass is 281 g/mol. The van der Waals surface area contributed by atoms with E-state index in [1.807, 2.05) is 0 Å². The molecule has 0 aromatic heterocycles. The van der Waals surface area contributed by atoms with Crippen LogP contribution in [0, 0.1) is 10.1 Å². The van der Waals surface area contributed by atoms with Crippen molar-refractivity contribution in [1.29, 1.82) is 0 Å². The van der Waals surface area contributed by atoms with Crippen molar-refractivity contribution in [3.63, 3.8) is 0 Å². The normalized spacial score (nSPS) is 23.8. The number of rotatable bonds is 4. The lowest BCUT2D eigenvalue weighted by atomic mass is 10.1. The molecule has 0 saturated heterocycles. The van der Waals surface area contributed by atoms with Gasteiger partial charge in [0.2, 0.25) is 0 Å². The highest BCUT2D eigenvalue weighted by molar-refractivity contribution is 5.46. The molecule has 8 heteroatoms. The molecule has 2 rings (SSSR count). The number of methoxy groups -OCH3 is 2. The van der Waals surface area contributed by atoms with Gasteiger partial charge in [-0.3, -0.25) is 14.9 Å². The first-order valence-corrected chi connectivity index (χ1v) is 5.86. The lowest BCUT2D eigenvalue weighted by Gasteiger charge is -2.27. The van der Waals surface area contributed by atoms with Gasteiger partial charge in [0.25, 0.3) is 5.69 Å². The molecule has 1 unspecified atom stereocenters. The number of nitro benzene ring substituents is 1. The summed E-state index contributed by atoms with van der Waals surface area (Å²) in [7, 11) is 2.84. The van der Waals surface area contributed by atoms with Crippen LogP contribution in [-0.4, -0.2) is 24.9 Å². The molecule has 20 heavy (non-hydrogen) atoms. The van der Waals surface area contributed by atoms with Gasteiger partial charge in [-0.2, -0.15) is 5.11 Å². The summed E-state index contributed by atoms with van der Waals surface area (Å²) in [5.74, 6) is -1.17. The molecule has 1 aromatic rings. The van der Waals surface area contributed by atoms with Crippen molar-refractivity contribution >= 4 is 5.69 Å². The van der Waals surface area contributed by atoms with Crippen LogP contribution in [0.3, 0.4) is 0 Å². The lowest BCUT2D eigenvalue weighted by molar-refractivity contribution is -0.385. The van der Waals surface area contributed by atoms with E-state index in [9.17, 15) is 10.1 Å². The smallest absolute Gasteiger partial charge is 0.321 e. The van der Waals surface area contributed by atoms with Gasteiger partial charge in [-0.15, -0.1) is 5.11 Å². The average molecular weight is 281 g/mol. The lowest BCUT2D eigenvalue weighted by Crippen LogP contribution is -2.33. The second kappa shape index (κ2) is 4.80. The first-order valence-electron chi connectivity index (χ1n) is 5.86. The Kier molecular flexibility index (Phi) is 3.45. The quantitative estimate of drug-likeness (QED) is 0.624. The summed E-state index contributed by atoms with van der Waals surface area (Å²) in [4.78, 5) is 10.4. The summed E-state index contributed by atoms with van der Waals surface area (Å²) >= 11 is 0. The summed E-state index contributed by atoms with van der Waals surface area (Å²) in [6.07, 6.45) is 0. The molecule has 1 heterocycles. The number of azo groups is 1. The summed E-state index contributed by atoms with van der Waals surface area (Å²) < 4.78 is 16.2. The standard InChI is InChI=1S/C12H15N3O5/c1-11(2)13-14-12(19-4,20-11)9-7-8(15(16)17)5-6-10(9)18-3/h5-7H,1-4H3. The zero-order valence-corrected chi connectivity index (χ0v) is 11.6. The van der Waals surface area contributed by atoms with Gasteiger partial charge in [0, 0.05) is 19.2 Å². The third-order valence-electron chi connectivity index (χ3n) is 2.82. The Morgan fingerprint density at radius 1 is 1.30 bits per heavy atom. The average Bonchev–Trinajstić information content (AvgIpc) is 2.74. The van der Waals surface area contributed by atoms with Crippen molar-refractivity contribution in [3.8, 4) is 5.75 Å². The van der Waals surface area contributed by atoms with Crippen LogP contribution in [0.2, 0.25) is 0 Å². The molecule has 0 bridgehead atoms. The Bertz CT molecular complexity index is 572. The van der Waals surface area contributed by atoms with Crippen LogP contribution in [0.15, 0.2) is 28.4 Å². The van der Waals surface area contributed by atoms with Gasteiger partial charge in [-0.05, 0) is 19.9 Å². The fourth-order valence-corrected chi connectivity index (χ4v) is 1.92. The Balaban J connectivity index is 2.57. The van der Waals surface area contributed by atoms with Crippen LogP contribution < -0.4 is 4.74 Å². The van der Waals surface area contributed by atoms with Gasteiger partial charge in [0.1, 0.15) is 5.75 Å². The van der Waals surface area contributed by atoms with Gasteiger partial charge in [-0.25, -0.2) is 0 Å². The van der Waals surface area contributed by atoms with Crippen LogP contribution in [0.5, 0.6) is 5.75 Å². The molecular weight excluding hydrogens is 266 g/mol. The van der Waals surface area contributed by atoms with E-state index in [0.717, 1.165) is 0 Å². The van der Waals surface area contributed by atoms with Gasteiger partial charge in [0.15, 0.2) is 5.72 Å². The van der Waals surface area contributed by atoms with Gasteiger partial charge in [-0.1, -0.05) is 0 Å². The summed E-state index contributed by atoms with van der Waals surface area (Å²) in [5, 5.41) is 18.9. The van der Waals surface area contributed by atoms with E-state index < -0.39 is 16.6 Å². The second-order valence-corrected chi connectivity index (χ2v) is 4.68. The molecule has 0 fully saturated rings. The van der Waals surface area contributed by atoms with E-state index >= 15 is 0 Å². The van der Waals surface area contributed by atoms with E-state index in [0.29, 0.717) is 11.3 Å². The number of nitro groups is 1. The molecule has 0 N–H and O–H groups in total. The first-order chi connectivity index (χ1) is 9.33. The number of non-ortho nitro benzene ring substituents is 1. The van der Waals surface area contributed by atoms with Gasteiger partial charge < -0.3 is 9.47 Å². The van der Waals surface area contributed by atoms with Crippen molar-refractivity contribution in [1.82, 2.24) is 0 Å². The fraction of sp³-hybridized carbons (Fsp3) is 0.500. The van der Waals surface area contributed by atoms with E-state index in [1.54, 1.807) is 13.8 Å². The maximum absolute atomic E-state index is 10.9. The molecular formula is C12H15N3O5. The summed E-state index contributed by atoms with van der Waals surface area (Å²) in [6, 6.07) is 4.12. The number of nitrogens with zero attached hydrogens (tertiary/aromatic N) is 3. The van der Waals surface area contributed by atoms with Gasteiger partial charge >= 0.3 is 5.91 Å². The fourth-order valence-electron chi connectivity index (χ4n) is 1.92. The first kappa shape index (κ1) is 14.4. The molecule has 0 saturated carbocycles. The molecule has 1 aliphatic rings. The Morgan fingerprint density at radius 3 is 2.45 bits per heavy atom. The molecule has 0 spiro atoms. The Hall–Kier alpha value is -2.06. The topological polar surface area (TPSA) is 95.6 Å². The van der Waals surface area contributed by atoms with E-state index in [4.69, 9.17) is 14.2 Å². The number of hydrogen-bond donors (Lipinski definition) is 0. The summed E-state index contributed by atoms with van der Waals surface area (Å²) in [5.41, 5.74) is -0.696. The van der Waals surface area contributed by atoms with Crippen LogP contribution in [0.4, 0.5) is 5.69 Å². The number of ether oxygens (including phenoxy) is 3. The predicted molar refractivity (Wildman–Crippen MR) is 68.4 cm³/mol. The Labute approximate surface area is 115 Å². The number of benzene rings is 1. The third-order valence-corrected chi connectivity index (χ3v) is 2.82. The van der Waals surface area contributed by atoms with Crippen molar-refractivity contribution in [2.75, 3.05) is 14.2 Å². The minimum atomic E-state index is -1.54. The van der Waals surface area contributed by atoms with Crippen molar-refractivity contribution in [2.24, 2.45) is 10.2 Å².